The van der Waals surface area contributed by atoms with Gasteiger partial charge in [-0.2, -0.15) is 5.10 Å². The van der Waals surface area contributed by atoms with Crippen LogP contribution in [0.15, 0.2) is 36.4 Å². The highest BCUT2D eigenvalue weighted by atomic mass is 16.2. The van der Waals surface area contributed by atoms with E-state index in [2.05, 4.69) is 29.5 Å². The molecule has 1 amide bonds. The van der Waals surface area contributed by atoms with Gasteiger partial charge < -0.3 is 5.32 Å². The molecule has 2 unspecified atom stereocenters. The molecule has 20 heavy (non-hydrogen) atoms. The fourth-order valence-electron chi connectivity index (χ4n) is 2.43. The Hall–Kier alpha value is -2.10. The number of aryl methyl sites for hydroxylation is 1. The standard InChI is InChI=1S/C16H19N3O/c1-11-8-14(11)16(20)17-15-9-12(2)18-19(15)10-13-6-4-3-5-7-13/h3-7,9,11,14H,8,10H2,1-2H3,(H,17,20). The smallest absolute Gasteiger partial charge is 0.228 e. The Morgan fingerprint density at radius 3 is 2.75 bits per heavy atom. The number of amides is 1. The summed E-state index contributed by atoms with van der Waals surface area (Å²) >= 11 is 0. The van der Waals surface area contributed by atoms with Gasteiger partial charge in [0.05, 0.1) is 12.2 Å². The van der Waals surface area contributed by atoms with Crippen LogP contribution in [0.5, 0.6) is 0 Å². The summed E-state index contributed by atoms with van der Waals surface area (Å²) in [5.74, 6) is 1.60. The van der Waals surface area contributed by atoms with Gasteiger partial charge in [-0.05, 0) is 24.8 Å². The number of nitrogens with zero attached hydrogens (tertiary/aromatic N) is 2. The lowest BCUT2D eigenvalue weighted by Crippen LogP contribution is -2.18. The Kier molecular flexibility index (Phi) is 3.30. The van der Waals surface area contributed by atoms with Crippen molar-refractivity contribution in [2.45, 2.75) is 26.8 Å². The number of hydrogen-bond acceptors (Lipinski definition) is 2. The molecule has 4 nitrogen and oxygen atoms in total. The average Bonchev–Trinajstić information content (AvgIpc) is 3.06. The van der Waals surface area contributed by atoms with E-state index in [9.17, 15) is 4.79 Å². The topological polar surface area (TPSA) is 46.9 Å². The monoisotopic (exact) mass is 269 g/mol. The van der Waals surface area contributed by atoms with E-state index in [0.29, 0.717) is 12.5 Å². The molecule has 1 aliphatic rings. The van der Waals surface area contributed by atoms with E-state index in [1.165, 1.54) is 5.56 Å². The van der Waals surface area contributed by atoms with Crippen LogP contribution >= 0.6 is 0 Å². The van der Waals surface area contributed by atoms with Gasteiger partial charge in [0.1, 0.15) is 5.82 Å². The fourth-order valence-corrected chi connectivity index (χ4v) is 2.43. The maximum Gasteiger partial charge on any atom is 0.228 e. The summed E-state index contributed by atoms with van der Waals surface area (Å²) in [5.41, 5.74) is 2.09. The van der Waals surface area contributed by atoms with Gasteiger partial charge in [0, 0.05) is 12.0 Å². The van der Waals surface area contributed by atoms with Gasteiger partial charge >= 0.3 is 0 Å². The van der Waals surface area contributed by atoms with E-state index < -0.39 is 0 Å². The zero-order valence-corrected chi connectivity index (χ0v) is 11.8. The van der Waals surface area contributed by atoms with E-state index in [-0.39, 0.29) is 11.8 Å². The highest BCUT2D eigenvalue weighted by Crippen LogP contribution is 2.38. The summed E-state index contributed by atoms with van der Waals surface area (Å²) in [4.78, 5) is 12.0. The Morgan fingerprint density at radius 2 is 2.10 bits per heavy atom. The number of hydrogen-bond donors (Lipinski definition) is 1. The quantitative estimate of drug-likeness (QED) is 0.927. The van der Waals surface area contributed by atoms with Crippen LogP contribution in [0.3, 0.4) is 0 Å². The Morgan fingerprint density at radius 1 is 1.40 bits per heavy atom. The first-order valence-corrected chi connectivity index (χ1v) is 7.03. The molecule has 3 rings (SSSR count). The van der Waals surface area contributed by atoms with Crippen LogP contribution in [0.25, 0.3) is 0 Å². The number of anilines is 1. The predicted octanol–water partition coefficient (Wildman–Crippen LogP) is 2.83. The number of carbonyl (C=O) groups excluding carboxylic acids is 1. The van der Waals surface area contributed by atoms with Gasteiger partial charge in [-0.25, -0.2) is 4.68 Å². The zero-order chi connectivity index (χ0) is 14.1. The minimum absolute atomic E-state index is 0.117. The summed E-state index contributed by atoms with van der Waals surface area (Å²) in [5, 5.41) is 7.47. The second kappa shape index (κ2) is 5.12. The van der Waals surface area contributed by atoms with Gasteiger partial charge in [-0.1, -0.05) is 37.3 Å². The fraction of sp³-hybridized carbons (Fsp3) is 0.375. The molecule has 0 radical (unpaired) electrons. The Labute approximate surface area is 118 Å². The Balaban J connectivity index is 1.76. The SMILES string of the molecule is Cc1cc(NC(=O)C2CC2C)n(Cc2ccccc2)n1. The molecule has 1 fully saturated rings. The molecule has 1 aromatic heterocycles. The number of benzene rings is 1. The second-order valence-corrected chi connectivity index (χ2v) is 5.62. The first-order valence-electron chi connectivity index (χ1n) is 7.03. The molecule has 1 saturated carbocycles. The van der Waals surface area contributed by atoms with Crippen molar-refractivity contribution in [1.82, 2.24) is 9.78 Å². The van der Waals surface area contributed by atoms with Crippen LogP contribution in [0.2, 0.25) is 0 Å². The number of carbonyl (C=O) groups is 1. The molecule has 1 N–H and O–H groups in total. The second-order valence-electron chi connectivity index (χ2n) is 5.62. The summed E-state index contributed by atoms with van der Waals surface area (Å²) in [6.45, 7) is 4.72. The predicted molar refractivity (Wildman–Crippen MR) is 78.4 cm³/mol. The maximum absolute atomic E-state index is 12.0. The van der Waals surface area contributed by atoms with Gasteiger partial charge in [0.2, 0.25) is 5.91 Å². The van der Waals surface area contributed by atoms with Crippen LogP contribution in [0.4, 0.5) is 5.82 Å². The molecule has 2 aromatic rings. The largest absolute Gasteiger partial charge is 0.311 e. The third-order valence-electron chi connectivity index (χ3n) is 3.77. The lowest BCUT2D eigenvalue weighted by molar-refractivity contribution is -0.117. The number of rotatable bonds is 4. The summed E-state index contributed by atoms with van der Waals surface area (Å²) in [6, 6.07) is 12.1. The normalized spacial score (nSPS) is 20.7. The van der Waals surface area contributed by atoms with Gasteiger partial charge in [0.15, 0.2) is 0 Å². The third-order valence-corrected chi connectivity index (χ3v) is 3.77. The molecule has 1 heterocycles. The van der Waals surface area contributed by atoms with E-state index in [1.807, 2.05) is 35.9 Å². The van der Waals surface area contributed by atoms with E-state index in [4.69, 9.17) is 0 Å². The summed E-state index contributed by atoms with van der Waals surface area (Å²) < 4.78 is 1.86. The lowest BCUT2D eigenvalue weighted by Gasteiger charge is -2.08. The molecule has 0 spiro atoms. The van der Waals surface area contributed by atoms with Gasteiger partial charge in [-0.3, -0.25) is 4.79 Å². The van der Waals surface area contributed by atoms with Crippen LogP contribution in [0.1, 0.15) is 24.6 Å². The first kappa shape index (κ1) is 12.9. The van der Waals surface area contributed by atoms with Crippen LogP contribution in [-0.2, 0) is 11.3 Å². The van der Waals surface area contributed by atoms with Gasteiger partial charge in [-0.15, -0.1) is 0 Å². The zero-order valence-electron chi connectivity index (χ0n) is 11.8. The minimum Gasteiger partial charge on any atom is -0.311 e. The number of nitrogens with one attached hydrogen (secondary N) is 1. The maximum atomic E-state index is 12.0. The lowest BCUT2D eigenvalue weighted by atomic mass is 10.2. The molecular formula is C16H19N3O. The highest BCUT2D eigenvalue weighted by Gasteiger charge is 2.39. The third kappa shape index (κ3) is 2.74. The summed E-state index contributed by atoms with van der Waals surface area (Å²) in [7, 11) is 0. The van der Waals surface area contributed by atoms with E-state index in [1.54, 1.807) is 0 Å². The molecule has 0 aliphatic heterocycles. The van der Waals surface area contributed by atoms with Crippen molar-refractivity contribution in [3.05, 3.63) is 47.7 Å². The highest BCUT2D eigenvalue weighted by molar-refractivity contribution is 5.93. The van der Waals surface area contributed by atoms with Gasteiger partial charge in [0.25, 0.3) is 0 Å². The molecular weight excluding hydrogens is 250 g/mol. The molecule has 0 saturated heterocycles. The van der Waals surface area contributed by atoms with Crippen molar-refractivity contribution in [2.75, 3.05) is 5.32 Å². The van der Waals surface area contributed by atoms with Crippen LogP contribution < -0.4 is 5.32 Å². The van der Waals surface area contributed by atoms with Crippen molar-refractivity contribution >= 4 is 11.7 Å². The molecule has 104 valence electrons. The van der Waals surface area contributed by atoms with E-state index in [0.717, 1.165) is 17.9 Å². The van der Waals surface area contributed by atoms with E-state index >= 15 is 0 Å². The van der Waals surface area contributed by atoms with Crippen LogP contribution in [-0.4, -0.2) is 15.7 Å². The molecule has 1 aliphatic carbocycles. The molecule has 4 heteroatoms. The average molecular weight is 269 g/mol. The minimum atomic E-state index is 0.117. The molecule has 2 atom stereocenters. The van der Waals surface area contributed by atoms with Crippen molar-refractivity contribution < 1.29 is 4.79 Å². The van der Waals surface area contributed by atoms with Crippen molar-refractivity contribution in [2.24, 2.45) is 11.8 Å². The molecule has 1 aromatic carbocycles. The van der Waals surface area contributed by atoms with Crippen molar-refractivity contribution in [3.8, 4) is 0 Å². The molecule has 0 bridgehead atoms. The van der Waals surface area contributed by atoms with Crippen molar-refractivity contribution in [1.29, 1.82) is 0 Å². The Bertz CT molecular complexity index is 618. The number of aromatic nitrogens is 2. The first-order chi connectivity index (χ1) is 9.63. The van der Waals surface area contributed by atoms with Crippen molar-refractivity contribution in [3.63, 3.8) is 0 Å². The van der Waals surface area contributed by atoms with Crippen LogP contribution in [0, 0.1) is 18.8 Å². The summed E-state index contributed by atoms with van der Waals surface area (Å²) in [6.07, 6.45) is 0.998.